The van der Waals surface area contributed by atoms with Crippen molar-refractivity contribution in [1.29, 1.82) is 0 Å². The predicted octanol–water partition coefficient (Wildman–Crippen LogP) is -0.791. The zero-order valence-corrected chi connectivity index (χ0v) is 14.0. The van der Waals surface area contributed by atoms with E-state index in [-0.39, 0.29) is 25.6 Å². The van der Waals surface area contributed by atoms with Crippen LogP contribution in [0, 0.1) is 0 Å². The Morgan fingerprint density at radius 3 is 2.36 bits per heavy atom. The first-order valence-electron chi connectivity index (χ1n) is 7.74. The summed E-state index contributed by atoms with van der Waals surface area (Å²) in [6.45, 7) is 7.07. The van der Waals surface area contributed by atoms with Crippen molar-refractivity contribution in [2.45, 2.75) is 38.5 Å². The van der Waals surface area contributed by atoms with E-state index in [1.807, 2.05) is 30.3 Å². The summed E-state index contributed by atoms with van der Waals surface area (Å²) in [5.74, 6) is -0.300. The third kappa shape index (κ3) is 3.87. The number of nitrogens with zero attached hydrogens (tertiary/aromatic N) is 1. The van der Waals surface area contributed by atoms with Gasteiger partial charge in [0, 0.05) is 6.42 Å². The van der Waals surface area contributed by atoms with Crippen LogP contribution < -0.4 is 17.7 Å². The van der Waals surface area contributed by atoms with E-state index in [2.05, 4.69) is 24.1 Å². The Balaban J connectivity index is 0.00000242. The molecule has 2 rings (SSSR count). The highest BCUT2D eigenvalue weighted by molar-refractivity contribution is 6.03. The van der Waals surface area contributed by atoms with Crippen molar-refractivity contribution in [3.05, 3.63) is 35.9 Å². The van der Waals surface area contributed by atoms with Gasteiger partial charge in [-0.05, 0) is 38.0 Å². The van der Waals surface area contributed by atoms with Gasteiger partial charge in [0.05, 0.1) is 5.41 Å². The molecule has 4 nitrogen and oxygen atoms in total. The molecule has 1 aromatic rings. The summed E-state index contributed by atoms with van der Waals surface area (Å²) in [7, 11) is 0. The lowest BCUT2D eigenvalue weighted by atomic mass is 9.71. The number of hydrogen-bond donors (Lipinski definition) is 1. The second-order valence-corrected chi connectivity index (χ2v) is 5.60. The number of carbonyl (C=O) groups is 2. The van der Waals surface area contributed by atoms with Gasteiger partial charge in [0.15, 0.2) is 0 Å². The van der Waals surface area contributed by atoms with Gasteiger partial charge in [-0.1, -0.05) is 44.2 Å². The van der Waals surface area contributed by atoms with E-state index >= 15 is 0 Å². The standard InChI is InChI=1S/C17H24N2O2.ClH/c1-3-19(4-2)13-12-17(14-8-6-5-7-9-14)11-10-15(20)18-16(17)21;/h5-9H,3-4,10-13H2,1-2H3,(H,18,20,21);1H. The highest BCUT2D eigenvalue weighted by atomic mass is 35.5. The van der Waals surface area contributed by atoms with Crippen LogP contribution in [0.4, 0.5) is 0 Å². The molecule has 0 spiro atoms. The summed E-state index contributed by atoms with van der Waals surface area (Å²) in [6, 6.07) is 9.86. The quantitative estimate of drug-likeness (QED) is 0.698. The molecule has 1 aromatic carbocycles. The highest BCUT2D eigenvalue weighted by Gasteiger charge is 2.43. The number of amides is 2. The minimum absolute atomic E-state index is 0. The Labute approximate surface area is 140 Å². The molecule has 5 heteroatoms. The van der Waals surface area contributed by atoms with Gasteiger partial charge in [0.2, 0.25) is 11.8 Å². The summed E-state index contributed by atoms with van der Waals surface area (Å²) in [5.41, 5.74) is 0.444. The lowest BCUT2D eigenvalue weighted by Crippen LogP contribution is -3.00. The summed E-state index contributed by atoms with van der Waals surface area (Å²) in [6.07, 6.45) is 1.76. The van der Waals surface area contributed by atoms with Crippen LogP contribution in [0.15, 0.2) is 30.3 Å². The van der Waals surface area contributed by atoms with Crippen LogP contribution >= 0.6 is 0 Å². The largest absolute Gasteiger partial charge is 1.00 e. The number of hydrogen-bond acceptors (Lipinski definition) is 3. The normalized spacial score (nSPS) is 21.4. The van der Waals surface area contributed by atoms with Crippen molar-refractivity contribution >= 4 is 11.8 Å². The topological polar surface area (TPSA) is 49.4 Å². The molecule has 0 saturated carbocycles. The summed E-state index contributed by atoms with van der Waals surface area (Å²) in [5, 5.41) is 2.53. The molecule has 1 atom stereocenters. The molecule has 1 heterocycles. The second-order valence-electron chi connectivity index (χ2n) is 5.60. The van der Waals surface area contributed by atoms with Gasteiger partial charge in [-0.25, -0.2) is 0 Å². The maximum atomic E-state index is 12.6. The zero-order valence-electron chi connectivity index (χ0n) is 14.3. The average molecular weight is 325 g/mol. The van der Waals surface area contributed by atoms with Crippen LogP contribution in [0.1, 0.15) is 40.1 Å². The molecule has 1 N–H and O–H groups in total. The maximum Gasteiger partial charge on any atom is 1.00 e. The monoisotopic (exact) mass is 324 g/mol. The van der Waals surface area contributed by atoms with Crippen molar-refractivity contribution in [2.24, 2.45) is 0 Å². The van der Waals surface area contributed by atoms with E-state index in [0.29, 0.717) is 12.8 Å². The van der Waals surface area contributed by atoms with E-state index < -0.39 is 5.41 Å². The number of piperidine rings is 1. The first-order valence-corrected chi connectivity index (χ1v) is 7.74. The fourth-order valence-corrected chi connectivity index (χ4v) is 3.05. The lowest BCUT2D eigenvalue weighted by Gasteiger charge is -2.37. The number of halogens is 1. The van der Waals surface area contributed by atoms with Gasteiger partial charge >= 0.3 is 1.43 Å². The fourth-order valence-electron chi connectivity index (χ4n) is 3.05. The number of nitrogens with one attached hydrogen (secondary N) is 1. The number of carbonyl (C=O) groups excluding carboxylic acids is 2. The molecule has 0 radical (unpaired) electrons. The molecule has 22 heavy (non-hydrogen) atoms. The van der Waals surface area contributed by atoms with Crippen molar-refractivity contribution in [3.8, 4) is 0 Å². The van der Waals surface area contributed by atoms with Crippen molar-refractivity contribution in [1.82, 2.24) is 10.2 Å². The van der Waals surface area contributed by atoms with Crippen molar-refractivity contribution in [2.75, 3.05) is 19.6 Å². The van der Waals surface area contributed by atoms with E-state index in [1.54, 1.807) is 0 Å². The maximum absolute atomic E-state index is 12.6. The third-order valence-corrected chi connectivity index (χ3v) is 4.54. The number of rotatable bonds is 6. The molecule has 0 aliphatic carbocycles. The molecule has 1 aliphatic heterocycles. The van der Waals surface area contributed by atoms with Gasteiger partial charge in [-0.15, -0.1) is 0 Å². The smallest absolute Gasteiger partial charge is 1.00 e. The molecule has 0 aromatic heterocycles. The van der Waals surface area contributed by atoms with Gasteiger partial charge in [-0.3, -0.25) is 14.9 Å². The Morgan fingerprint density at radius 2 is 1.82 bits per heavy atom. The number of benzene rings is 1. The molecule has 1 fully saturated rings. The molecule has 1 saturated heterocycles. The minimum Gasteiger partial charge on any atom is -1.00 e. The van der Waals surface area contributed by atoms with E-state index in [0.717, 1.165) is 31.6 Å². The van der Waals surface area contributed by atoms with Crippen LogP contribution in [0.25, 0.3) is 0 Å². The second kappa shape index (κ2) is 8.30. The fraction of sp³-hybridized carbons (Fsp3) is 0.529. The third-order valence-electron chi connectivity index (χ3n) is 4.54. The highest BCUT2D eigenvalue weighted by Crippen LogP contribution is 2.36. The van der Waals surface area contributed by atoms with E-state index in [9.17, 15) is 9.59 Å². The van der Waals surface area contributed by atoms with E-state index in [4.69, 9.17) is 0 Å². The lowest BCUT2D eigenvalue weighted by molar-refractivity contribution is -0.138. The van der Waals surface area contributed by atoms with Crippen molar-refractivity contribution in [3.63, 3.8) is 0 Å². The molecule has 1 aliphatic rings. The molecular weight excluding hydrogens is 300 g/mol. The Morgan fingerprint density at radius 1 is 1.18 bits per heavy atom. The zero-order chi connectivity index (χ0) is 15.3. The summed E-state index contributed by atoms with van der Waals surface area (Å²) in [4.78, 5) is 26.4. The molecule has 2 amide bonds. The van der Waals surface area contributed by atoms with E-state index in [1.165, 1.54) is 0 Å². The van der Waals surface area contributed by atoms with Crippen LogP contribution in [0.5, 0.6) is 0 Å². The number of imide groups is 1. The molecule has 0 bridgehead atoms. The summed E-state index contributed by atoms with van der Waals surface area (Å²) >= 11 is 0. The molecule has 1 unspecified atom stereocenters. The Hall–Kier alpha value is -1.39. The summed E-state index contributed by atoms with van der Waals surface area (Å²) < 4.78 is 0. The van der Waals surface area contributed by atoms with Gasteiger partial charge in [0.1, 0.15) is 0 Å². The predicted molar refractivity (Wildman–Crippen MR) is 84.0 cm³/mol. The van der Waals surface area contributed by atoms with Crippen LogP contribution in [0.2, 0.25) is 0 Å². The SMILES string of the molecule is CCN(CC)CCC1(c2ccccc2)CCC(=O)NC1=O.[Cl-].[H+]. The average Bonchev–Trinajstić information content (AvgIpc) is 2.51. The van der Waals surface area contributed by atoms with Crippen LogP contribution in [-0.2, 0) is 15.0 Å². The minimum atomic E-state index is -0.572. The first kappa shape index (κ1) is 18.7. The van der Waals surface area contributed by atoms with Gasteiger partial charge in [0.25, 0.3) is 0 Å². The van der Waals surface area contributed by atoms with Gasteiger partial charge in [-0.2, -0.15) is 0 Å². The van der Waals surface area contributed by atoms with Crippen molar-refractivity contribution < 1.29 is 23.4 Å². The van der Waals surface area contributed by atoms with Gasteiger partial charge < -0.3 is 17.3 Å². The Kier molecular flexibility index (Phi) is 7.04. The molecule has 122 valence electrons. The first-order chi connectivity index (χ1) is 10.1. The molecular formula is C17H25ClN2O2. The Bertz CT molecular complexity index is 509. The van der Waals surface area contributed by atoms with Crippen LogP contribution in [-0.4, -0.2) is 36.3 Å². The van der Waals surface area contributed by atoms with Crippen LogP contribution in [0.3, 0.4) is 0 Å².